The zero-order chi connectivity index (χ0) is 23.5. The second kappa shape index (κ2) is 7.62. The molecule has 168 valence electrons. The Morgan fingerprint density at radius 1 is 1.03 bits per heavy atom. The second-order valence-corrected chi connectivity index (χ2v) is 8.49. The molecule has 33 heavy (non-hydrogen) atoms. The standard InChI is InChI=1S/C22H16BrF3N6O/c1-11-9-13(20-27-10-15-14(29-20)4-6-17(28-15)22(24,25)26)3-5-16(11)31-7-8-32-18(21(31)33)12(2)19(23)30-32/h3-6,9-10H,7-8H2,1-2H3. The number of rotatable bonds is 2. The van der Waals surface area contributed by atoms with Gasteiger partial charge in [-0.3, -0.25) is 9.48 Å². The van der Waals surface area contributed by atoms with Gasteiger partial charge in [-0.05, 0) is 65.7 Å². The van der Waals surface area contributed by atoms with Gasteiger partial charge in [0.05, 0.1) is 18.3 Å². The Labute approximate surface area is 194 Å². The van der Waals surface area contributed by atoms with Crippen molar-refractivity contribution in [2.75, 3.05) is 11.4 Å². The average molecular weight is 517 g/mol. The molecular formula is C22H16BrF3N6O. The summed E-state index contributed by atoms with van der Waals surface area (Å²) < 4.78 is 41.0. The summed E-state index contributed by atoms with van der Waals surface area (Å²) in [5.41, 5.74) is 3.05. The highest BCUT2D eigenvalue weighted by Crippen LogP contribution is 2.32. The molecule has 0 saturated carbocycles. The average Bonchev–Trinajstić information content (AvgIpc) is 3.07. The van der Waals surface area contributed by atoms with Crippen LogP contribution in [0.1, 0.15) is 27.3 Å². The molecule has 0 aliphatic carbocycles. The zero-order valence-corrected chi connectivity index (χ0v) is 19.1. The maximum atomic E-state index is 13.1. The number of hydrogen-bond donors (Lipinski definition) is 0. The van der Waals surface area contributed by atoms with Crippen LogP contribution in [0.25, 0.3) is 22.4 Å². The molecule has 7 nitrogen and oxygen atoms in total. The summed E-state index contributed by atoms with van der Waals surface area (Å²) in [6.45, 7) is 4.80. The number of fused-ring (bicyclic) bond motifs is 2. The normalized spacial score (nSPS) is 14.1. The topological polar surface area (TPSA) is 76.8 Å². The molecule has 5 rings (SSSR count). The summed E-state index contributed by atoms with van der Waals surface area (Å²) in [4.78, 5) is 27.0. The number of amides is 1. The van der Waals surface area contributed by atoms with Crippen molar-refractivity contribution >= 4 is 38.6 Å². The second-order valence-electron chi connectivity index (χ2n) is 7.74. The number of benzene rings is 1. The van der Waals surface area contributed by atoms with Crippen LogP contribution in [0.4, 0.5) is 18.9 Å². The molecule has 0 radical (unpaired) electrons. The minimum atomic E-state index is -4.53. The van der Waals surface area contributed by atoms with Crippen LogP contribution in [0.3, 0.4) is 0 Å². The maximum absolute atomic E-state index is 13.1. The Morgan fingerprint density at radius 2 is 1.82 bits per heavy atom. The molecule has 1 amide bonds. The fraction of sp³-hybridized carbons (Fsp3) is 0.227. The number of hydrogen-bond acceptors (Lipinski definition) is 5. The first-order valence-corrected chi connectivity index (χ1v) is 10.8. The van der Waals surface area contributed by atoms with Gasteiger partial charge in [-0.1, -0.05) is 0 Å². The summed E-state index contributed by atoms with van der Waals surface area (Å²) in [6.07, 6.45) is -3.25. The number of aromatic nitrogens is 5. The smallest absolute Gasteiger partial charge is 0.305 e. The van der Waals surface area contributed by atoms with Crippen molar-refractivity contribution in [2.24, 2.45) is 0 Å². The van der Waals surface area contributed by atoms with Crippen LogP contribution in [0.15, 0.2) is 41.1 Å². The van der Waals surface area contributed by atoms with E-state index in [9.17, 15) is 18.0 Å². The minimum Gasteiger partial charge on any atom is -0.305 e. The number of anilines is 1. The highest BCUT2D eigenvalue weighted by molar-refractivity contribution is 9.10. The summed E-state index contributed by atoms with van der Waals surface area (Å²) in [5, 5.41) is 4.35. The molecule has 0 bridgehead atoms. The number of halogens is 4. The number of aryl methyl sites for hydroxylation is 1. The van der Waals surface area contributed by atoms with Gasteiger partial charge >= 0.3 is 6.18 Å². The maximum Gasteiger partial charge on any atom is 0.433 e. The highest BCUT2D eigenvalue weighted by atomic mass is 79.9. The van der Waals surface area contributed by atoms with E-state index in [1.807, 2.05) is 26.0 Å². The van der Waals surface area contributed by atoms with Crippen LogP contribution < -0.4 is 4.90 Å². The van der Waals surface area contributed by atoms with E-state index in [1.165, 1.54) is 12.3 Å². The van der Waals surface area contributed by atoms with Gasteiger partial charge in [0.25, 0.3) is 5.91 Å². The van der Waals surface area contributed by atoms with Crippen LogP contribution in [-0.4, -0.2) is 37.2 Å². The van der Waals surface area contributed by atoms with Crippen LogP contribution in [0, 0.1) is 13.8 Å². The Hall–Kier alpha value is -3.34. The highest BCUT2D eigenvalue weighted by Gasteiger charge is 2.33. The number of carbonyl (C=O) groups is 1. The van der Waals surface area contributed by atoms with Crippen molar-refractivity contribution in [3.05, 3.63) is 63.6 Å². The molecule has 11 heteroatoms. The molecule has 0 N–H and O–H groups in total. The summed E-state index contributed by atoms with van der Waals surface area (Å²) >= 11 is 3.38. The first kappa shape index (κ1) is 21.5. The summed E-state index contributed by atoms with van der Waals surface area (Å²) in [7, 11) is 0. The molecule has 0 atom stereocenters. The Kier molecular flexibility index (Phi) is 4.96. The van der Waals surface area contributed by atoms with Gasteiger partial charge < -0.3 is 4.90 Å². The van der Waals surface area contributed by atoms with Crippen LogP contribution in [-0.2, 0) is 12.7 Å². The predicted octanol–water partition coefficient (Wildman–Crippen LogP) is 4.95. The van der Waals surface area contributed by atoms with Gasteiger partial charge in [0.1, 0.15) is 21.5 Å². The SMILES string of the molecule is Cc1cc(-c2ncc3nc(C(F)(F)F)ccc3n2)ccc1N1CCn2nc(Br)c(C)c2C1=O. The van der Waals surface area contributed by atoms with E-state index in [1.54, 1.807) is 15.6 Å². The van der Waals surface area contributed by atoms with Crippen LogP contribution >= 0.6 is 15.9 Å². The third-order valence-electron chi connectivity index (χ3n) is 5.59. The van der Waals surface area contributed by atoms with Crippen molar-refractivity contribution in [1.29, 1.82) is 0 Å². The molecule has 0 unspecified atom stereocenters. The quantitative estimate of drug-likeness (QED) is 0.376. The van der Waals surface area contributed by atoms with E-state index >= 15 is 0 Å². The fourth-order valence-corrected chi connectivity index (χ4v) is 4.30. The Balaban J connectivity index is 1.47. The molecular weight excluding hydrogens is 501 g/mol. The van der Waals surface area contributed by atoms with Crippen molar-refractivity contribution in [3.63, 3.8) is 0 Å². The first-order valence-electron chi connectivity index (χ1n) is 10.0. The van der Waals surface area contributed by atoms with E-state index in [0.717, 1.165) is 22.9 Å². The molecule has 0 spiro atoms. The van der Waals surface area contributed by atoms with Gasteiger partial charge in [-0.2, -0.15) is 18.3 Å². The monoisotopic (exact) mass is 516 g/mol. The Morgan fingerprint density at radius 3 is 2.55 bits per heavy atom. The van der Waals surface area contributed by atoms with Gasteiger partial charge in [0.15, 0.2) is 5.82 Å². The summed E-state index contributed by atoms with van der Waals surface area (Å²) in [5.74, 6) is 0.239. The minimum absolute atomic E-state index is 0.0685. The fourth-order valence-electron chi connectivity index (χ4n) is 3.93. The van der Waals surface area contributed by atoms with Gasteiger partial charge in [-0.25, -0.2) is 15.0 Å². The third kappa shape index (κ3) is 3.65. The van der Waals surface area contributed by atoms with Crippen molar-refractivity contribution in [1.82, 2.24) is 24.7 Å². The predicted molar refractivity (Wildman–Crippen MR) is 119 cm³/mol. The van der Waals surface area contributed by atoms with E-state index in [-0.39, 0.29) is 11.4 Å². The lowest BCUT2D eigenvalue weighted by Gasteiger charge is -2.29. The molecule has 1 aromatic carbocycles. The molecule has 0 fully saturated rings. The van der Waals surface area contributed by atoms with E-state index in [2.05, 4.69) is 36.0 Å². The third-order valence-corrected chi connectivity index (χ3v) is 6.34. The Bertz CT molecular complexity index is 1430. The van der Waals surface area contributed by atoms with Crippen molar-refractivity contribution in [2.45, 2.75) is 26.6 Å². The van der Waals surface area contributed by atoms with Crippen LogP contribution in [0.5, 0.6) is 0 Å². The van der Waals surface area contributed by atoms with E-state index in [0.29, 0.717) is 40.3 Å². The molecule has 1 aliphatic rings. The van der Waals surface area contributed by atoms with E-state index in [4.69, 9.17) is 0 Å². The van der Waals surface area contributed by atoms with Gasteiger partial charge in [0, 0.05) is 23.4 Å². The first-order chi connectivity index (χ1) is 15.6. The van der Waals surface area contributed by atoms with Gasteiger partial charge in [-0.15, -0.1) is 0 Å². The number of carbonyl (C=O) groups excluding carboxylic acids is 1. The van der Waals surface area contributed by atoms with Crippen molar-refractivity contribution < 1.29 is 18.0 Å². The van der Waals surface area contributed by atoms with Gasteiger partial charge in [0.2, 0.25) is 0 Å². The van der Waals surface area contributed by atoms with Crippen molar-refractivity contribution in [3.8, 4) is 11.4 Å². The van der Waals surface area contributed by atoms with Crippen LogP contribution in [0.2, 0.25) is 0 Å². The lowest BCUT2D eigenvalue weighted by atomic mass is 10.1. The summed E-state index contributed by atoms with van der Waals surface area (Å²) in [6, 6.07) is 7.67. The number of alkyl halides is 3. The molecule has 4 heterocycles. The lowest BCUT2D eigenvalue weighted by molar-refractivity contribution is -0.140. The number of nitrogens with zero attached hydrogens (tertiary/aromatic N) is 6. The molecule has 1 aliphatic heterocycles. The zero-order valence-electron chi connectivity index (χ0n) is 17.5. The molecule has 0 saturated heterocycles. The lowest BCUT2D eigenvalue weighted by Crippen LogP contribution is -2.41. The largest absolute Gasteiger partial charge is 0.433 e. The molecule has 3 aromatic heterocycles. The van der Waals surface area contributed by atoms with E-state index < -0.39 is 11.9 Å². The molecule has 4 aromatic rings. The number of pyridine rings is 1.